The summed E-state index contributed by atoms with van der Waals surface area (Å²) in [7, 11) is 3.11. The quantitative estimate of drug-likeness (QED) is 0.794. The maximum atomic E-state index is 5.19. The summed E-state index contributed by atoms with van der Waals surface area (Å²) in [6.45, 7) is 2.06. The first-order valence-corrected chi connectivity index (χ1v) is 6.27. The van der Waals surface area contributed by atoms with Gasteiger partial charge in [-0.1, -0.05) is 18.2 Å². The Morgan fingerprint density at radius 2 is 1.85 bits per heavy atom. The summed E-state index contributed by atoms with van der Waals surface area (Å²) in [5.74, 6) is 0.477. The van der Waals surface area contributed by atoms with Gasteiger partial charge in [0.25, 0.3) is 0 Å². The van der Waals surface area contributed by atoms with Crippen LogP contribution in [-0.2, 0) is 0 Å². The molecule has 0 saturated heterocycles. The lowest BCUT2D eigenvalue weighted by Crippen LogP contribution is -1.97. The van der Waals surface area contributed by atoms with Gasteiger partial charge in [-0.25, -0.2) is 0 Å². The van der Waals surface area contributed by atoms with Gasteiger partial charge < -0.3 is 14.5 Å². The maximum Gasteiger partial charge on any atom is 0.320 e. The van der Waals surface area contributed by atoms with Gasteiger partial charge in [-0.2, -0.15) is 9.97 Å². The van der Waals surface area contributed by atoms with Crippen molar-refractivity contribution >= 4 is 10.9 Å². The van der Waals surface area contributed by atoms with E-state index < -0.39 is 0 Å². The second-order valence-corrected chi connectivity index (χ2v) is 4.45. The number of nitrogens with zero attached hydrogens (tertiary/aromatic N) is 2. The Morgan fingerprint density at radius 1 is 1.05 bits per heavy atom. The Kier molecular flexibility index (Phi) is 3.02. The van der Waals surface area contributed by atoms with Gasteiger partial charge in [0.2, 0.25) is 5.88 Å². The third-order valence-electron chi connectivity index (χ3n) is 3.30. The summed E-state index contributed by atoms with van der Waals surface area (Å²) in [5, 5.41) is 1.18. The van der Waals surface area contributed by atoms with Gasteiger partial charge in [0.15, 0.2) is 0 Å². The zero-order chi connectivity index (χ0) is 14.1. The molecule has 1 aromatic carbocycles. The van der Waals surface area contributed by atoms with E-state index in [1.807, 2.05) is 18.2 Å². The second-order valence-electron chi connectivity index (χ2n) is 4.45. The summed E-state index contributed by atoms with van der Waals surface area (Å²) in [4.78, 5) is 11.9. The van der Waals surface area contributed by atoms with Crippen molar-refractivity contribution in [2.24, 2.45) is 0 Å². The highest BCUT2D eigenvalue weighted by Crippen LogP contribution is 2.30. The second kappa shape index (κ2) is 4.85. The van der Waals surface area contributed by atoms with Crippen LogP contribution in [0.25, 0.3) is 22.3 Å². The van der Waals surface area contributed by atoms with Crippen molar-refractivity contribution < 1.29 is 9.47 Å². The van der Waals surface area contributed by atoms with Gasteiger partial charge in [0.05, 0.1) is 25.6 Å². The van der Waals surface area contributed by atoms with E-state index >= 15 is 0 Å². The van der Waals surface area contributed by atoms with Gasteiger partial charge >= 0.3 is 6.01 Å². The van der Waals surface area contributed by atoms with Crippen LogP contribution >= 0.6 is 0 Å². The lowest BCUT2D eigenvalue weighted by Gasteiger charge is -2.05. The SMILES string of the molecule is COc1cc(-c2[nH]c3ccccc3c2C)nc(OC)n1. The first kappa shape index (κ1) is 12.5. The zero-order valence-corrected chi connectivity index (χ0v) is 11.6. The number of para-hydroxylation sites is 1. The fourth-order valence-electron chi connectivity index (χ4n) is 2.27. The highest BCUT2D eigenvalue weighted by atomic mass is 16.5. The van der Waals surface area contributed by atoms with Crippen molar-refractivity contribution in [1.29, 1.82) is 0 Å². The highest BCUT2D eigenvalue weighted by molar-refractivity contribution is 5.89. The summed E-state index contributed by atoms with van der Waals surface area (Å²) in [6, 6.07) is 10.2. The van der Waals surface area contributed by atoms with Crippen LogP contribution in [0.2, 0.25) is 0 Å². The normalized spacial score (nSPS) is 10.8. The van der Waals surface area contributed by atoms with Crippen LogP contribution in [0.5, 0.6) is 11.9 Å². The Labute approximate surface area is 116 Å². The van der Waals surface area contributed by atoms with Gasteiger partial charge in [0, 0.05) is 17.0 Å². The summed E-state index contributed by atoms with van der Waals surface area (Å²) in [6.07, 6.45) is 0. The number of aromatic nitrogens is 3. The number of methoxy groups -OCH3 is 2. The first-order chi connectivity index (χ1) is 9.72. The number of aromatic amines is 1. The molecule has 0 aliphatic heterocycles. The first-order valence-electron chi connectivity index (χ1n) is 6.27. The van der Waals surface area contributed by atoms with Crippen LogP contribution in [0.15, 0.2) is 30.3 Å². The van der Waals surface area contributed by atoms with Gasteiger partial charge in [-0.05, 0) is 18.6 Å². The molecule has 3 aromatic rings. The monoisotopic (exact) mass is 269 g/mol. The minimum atomic E-state index is 0.289. The van der Waals surface area contributed by atoms with E-state index in [-0.39, 0.29) is 6.01 Å². The molecule has 0 fully saturated rings. The Morgan fingerprint density at radius 3 is 2.55 bits per heavy atom. The van der Waals surface area contributed by atoms with E-state index in [1.54, 1.807) is 13.2 Å². The molecule has 0 bridgehead atoms. The van der Waals surface area contributed by atoms with Crippen molar-refractivity contribution in [2.75, 3.05) is 14.2 Å². The van der Waals surface area contributed by atoms with Crippen LogP contribution in [0, 0.1) is 6.92 Å². The minimum absolute atomic E-state index is 0.289. The van der Waals surface area contributed by atoms with Crippen LogP contribution < -0.4 is 9.47 Å². The summed E-state index contributed by atoms with van der Waals surface area (Å²) in [5.41, 5.74) is 3.92. The Balaban J connectivity index is 2.22. The number of hydrogen-bond donors (Lipinski definition) is 1. The highest BCUT2D eigenvalue weighted by Gasteiger charge is 2.13. The predicted octanol–water partition coefficient (Wildman–Crippen LogP) is 2.95. The summed E-state index contributed by atoms with van der Waals surface area (Å²) >= 11 is 0. The number of nitrogens with one attached hydrogen (secondary N) is 1. The standard InChI is InChI=1S/C15H15N3O2/c1-9-10-6-4-5-7-11(10)16-14(9)12-8-13(19-2)18-15(17-12)20-3/h4-8,16H,1-3H3. The van der Waals surface area contributed by atoms with Crippen LogP contribution in [-0.4, -0.2) is 29.2 Å². The number of ether oxygens (including phenoxy) is 2. The molecule has 1 N–H and O–H groups in total. The van der Waals surface area contributed by atoms with Crippen molar-refractivity contribution in [3.05, 3.63) is 35.9 Å². The molecule has 0 aliphatic carbocycles. The number of aryl methyl sites for hydroxylation is 1. The third-order valence-corrected chi connectivity index (χ3v) is 3.30. The molecular formula is C15H15N3O2. The number of rotatable bonds is 3. The topological polar surface area (TPSA) is 60.0 Å². The summed E-state index contributed by atoms with van der Waals surface area (Å²) < 4.78 is 10.3. The largest absolute Gasteiger partial charge is 0.481 e. The van der Waals surface area contributed by atoms with Crippen LogP contribution in [0.4, 0.5) is 0 Å². The molecule has 0 aliphatic rings. The van der Waals surface area contributed by atoms with E-state index in [4.69, 9.17) is 9.47 Å². The van der Waals surface area contributed by atoms with Gasteiger partial charge in [-0.15, -0.1) is 0 Å². The molecule has 0 spiro atoms. The van der Waals surface area contributed by atoms with Crippen molar-refractivity contribution in [1.82, 2.24) is 15.0 Å². The Hall–Kier alpha value is -2.56. The maximum absolute atomic E-state index is 5.19. The average Bonchev–Trinajstić information content (AvgIpc) is 2.84. The smallest absolute Gasteiger partial charge is 0.320 e. The lowest BCUT2D eigenvalue weighted by molar-refractivity contribution is 0.352. The third kappa shape index (κ3) is 1.97. The minimum Gasteiger partial charge on any atom is -0.481 e. The molecule has 102 valence electrons. The van der Waals surface area contributed by atoms with Gasteiger partial charge in [0.1, 0.15) is 0 Å². The molecule has 3 rings (SSSR count). The molecule has 0 amide bonds. The molecule has 2 heterocycles. The fourth-order valence-corrected chi connectivity index (χ4v) is 2.27. The van der Waals surface area contributed by atoms with E-state index in [2.05, 4.69) is 27.9 Å². The van der Waals surface area contributed by atoms with Crippen molar-refractivity contribution in [2.45, 2.75) is 6.92 Å². The van der Waals surface area contributed by atoms with Crippen molar-refractivity contribution in [3.8, 4) is 23.3 Å². The van der Waals surface area contributed by atoms with Crippen LogP contribution in [0.1, 0.15) is 5.56 Å². The number of fused-ring (bicyclic) bond motifs is 1. The van der Waals surface area contributed by atoms with E-state index in [9.17, 15) is 0 Å². The number of H-pyrrole nitrogens is 1. The molecule has 20 heavy (non-hydrogen) atoms. The predicted molar refractivity (Wildman–Crippen MR) is 77.2 cm³/mol. The molecule has 0 unspecified atom stereocenters. The number of hydrogen-bond acceptors (Lipinski definition) is 4. The van der Waals surface area contributed by atoms with Crippen molar-refractivity contribution in [3.63, 3.8) is 0 Å². The molecule has 0 saturated carbocycles. The molecule has 5 nitrogen and oxygen atoms in total. The number of benzene rings is 1. The molecular weight excluding hydrogens is 254 g/mol. The van der Waals surface area contributed by atoms with E-state index in [0.717, 1.165) is 22.5 Å². The van der Waals surface area contributed by atoms with Gasteiger partial charge in [-0.3, -0.25) is 0 Å². The molecule has 0 atom stereocenters. The molecule has 0 radical (unpaired) electrons. The van der Waals surface area contributed by atoms with E-state index in [0.29, 0.717) is 5.88 Å². The molecule has 5 heteroatoms. The molecule has 2 aromatic heterocycles. The Bertz CT molecular complexity index is 743. The fraction of sp³-hybridized carbons (Fsp3) is 0.200. The van der Waals surface area contributed by atoms with Crippen LogP contribution in [0.3, 0.4) is 0 Å². The average molecular weight is 269 g/mol. The van der Waals surface area contributed by atoms with E-state index in [1.165, 1.54) is 12.5 Å². The zero-order valence-electron chi connectivity index (χ0n) is 11.6. The lowest BCUT2D eigenvalue weighted by atomic mass is 10.1.